The third kappa shape index (κ3) is 4.82. The van der Waals surface area contributed by atoms with Gasteiger partial charge in [-0.05, 0) is 57.0 Å². The number of H-pyrrole nitrogens is 1. The Kier molecular flexibility index (Phi) is 6.57. The van der Waals surface area contributed by atoms with Gasteiger partial charge in [0.2, 0.25) is 0 Å². The summed E-state index contributed by atoms with van der Waals surface area (Å²) in [4.78, 5) is 23.5. The molecule has 2 saturated heterocycles. The number of carbonyl (C=O) groups is 1. The van der Waals surface area contributed by atoms with Crippen molar-refractivity contribution in [2.24, 2.45) is 0 Å². The molecule has 10 nitrogen and oxygen atoms in total. The van der Waals surface area contributed by atoms with E-state index in [1.807, 2.05) is 0 Å². The summed E-state index contributed by atoms with van der Waals surface area (Å²) >= 11 is 0. The Morgan fingerprint density at radius 1 is 1.09 bits per heavy atom. The summed E-state index contributed by atoms with van der Waals surface area (Å²) in [6.07, 6.45) is 7.79. The SMILES string of the molecule is O=C(NCc1ccc(S(=O)(=O)C2CCN(C3CCOCC3)CC2)cn1)c1cnc2[nH]ncc2c1. The van der Waals surface area contributed by atoms with Gasteiger partial charge in [-0.2, -0.15) is 5.10 Å². The molecule has 0 bridgehead atoms. The molecule has 11 heteroatoms. The number of sulfone groups is 1. The van der Waals surface area contributed by atoms with Crippen LogP contribution in [-0.2, 0) is 21.1 Å². The average molecular weight is 485 g/mol. The Labute approximate surface area is 198 Å². The van der Waals surface area contributed by atoms with Crippen molar-refractivity contribution in [3.63, 3.8) is 0 Å². The largest absolute Gasteiger partial charge is 0.381 e. The van der Waals surface area contributed by atoms with Gasteiger partial charge in [-0.1, -0.05) is 0 Å². The highest BCUT2D eigenvalue weighted by atomic mass is 32.2. The summed E-state index contributed by atoms with van der Waals surface area (Å²) in [6.45, 7) is 3.36. The van der Waals surface area contributed by atoms with Gasteiger partial charge in [-0.3, -0.25) is 14.9 Å². The van der Waals surface area contributed by atoms with Gasteiger partial charge in [0.15, 0.2) is 15.5 Å². The van der Waals surface area contributed by atoms with E-state index >= 15 is 0 Å². The van der Waals surface area contributed by atoms with E-state index in [0.717, 1.165) is 44.5 Å². The van der Waals surface area contributed by atoms with Crippen LogP contribution in [0.4, 0.5) is 0 Å². The monoisotopic (exact) mass is 484 g/mol. The van der Waals surface area contributed by atoms with Crippen molar-refractivity contribution in [1.29, 1.82) is 0 Å². The van der Waals surface area contributed by atoms with E-state index in [4.69, 9.17) is 4.74 Å². The number of likely N-dealkylation sites (tertiary alicyclic amines) is 1. The lowest BCUT2D eigenvalue weighted by Gasteiger charge is -2.38. The molecule has 5 rings (SSSR count). The number of nitrogens with zero attached hydrogens (tertiary/aromatic N) is 4. The van der Waals surface area contributed by atoms with Crippen molar-refractivity contribution in [2.45, 2.75) is 48.4 Å². The molecule has 0 spiro atoms. The Balaban J connectivity index is 1.16. The van der Waals surface area contributed by atoms with Crippen LogP contribution in [0.1, 0.15) is 41.7 Å². The number of hydrogen-bond donors (Lipinski definition) is 2. The molecule has 2 N–H and O–H groups in total. The minimum atomic E-state index is -3.44. The maximum atomic E-state index is 13.2. The zero-order chi connectivity index (χ0) is 23.5. The number of fused-ring (bicyclic) bond motifs is 1. The van der Waals surface area contributed by atoms with E-state index in [1.165, 1.54) is 12.4 Å². The summed E-state index contributed by atoms with van der Waals surface area (Å²) in [7, 11) is -3.44. The molecule has 0 radical (unpaired) electrons. The molecule has 3 aromatic rings. The molecule has 0 aliphatic carbocycles. The van der Waals surface area contributed by atoms with Crippen LogP contribution >= 0.6 is 0 Å². The van der Waals surface area contributed by atoms with Gasteiger partial charge in [-0.15, -0.1) is 0 Å². The minimum Gasteiger partial charge on any atom is -0.381 e. The van der Waals surface area contributed by atoms with E-state index < -0.39 is 9.84 Å². The van der Waals surface area contributed by atoms with Crippen LogP contribution in [0.15, 0.2) is 41.7 Å². The van der Waals surface area contributed by atoms with Crippen LogP contribution in [0, 0.1) is 0 Å². The molecule has 1 amide bonds. The first-order valence-corrected chi connectivity index (χ1v) is 13.1. The average Bonchev–Trinajstić information content (AvgIpc) is 3.36. The van der Waals surface area contributed by atoms with Crippen LogP contribution in [-0.4, -0.2) is 77.0 Å². The number of rotatable bonds is 6. The first kappa shape index (κ1) is 22.9. The Morgan fingerprint density at radius 2 is 1.88 bits per heavy atom. The fourth-order valence-electron chi connectivity index (χ4n) is 4.71. The van der Waals surface area contributed by atoms with Crippen molar-refractivity contribution in [2.75, 3.05) is 26.3 Å². The number of carbonyl (C=O) groups excluding carboxylic acids is 1. The van der Waals surface area contributed by atoms with Gasteiger partial charge in [0.05, 0.1) is 34.1 Å². The van der Waals surface area contributed by atoms with Gasteiger partial charge < -0.3 is 15.0 Å². The van der Waals surface area contributed by atoms with Gasteiger partial charge in [0.1, 0.15) is 0 Å². The zero-order valence-electron chi connectivity index (χ0n) is 18.8. The number of amides is 1. The Hall–Kier alpha value is -2.89. The van der Waals surface area contributed by atoms with Gasteiger partial charge in [0.25, 0.3) is 5.91 Å². The van der Waals surface area contributed by atoms with Crippen LogP contribution < -0.4 is 5.32 Å². The maximum absolute atomic E-state index is 13.2. The van der Waals surface area contributed by atoms with E-state index in [9.17, 15) is 13.2 Å². The Bertz CT molecular complexity index is 1250. The van der Waals surface area contributed by atoms with Crippen LogP contribution in [0.5, 0.6) is 0 Å². The number of aromatic amines is 1. The molecule has 0 aromatic carbocycles. The number of piperidine rings is 1. The minimum absolute atomic E-state index is 0.187. The molecule has 2 aliphatic heterocycles. The lowest BCUT2D eigenvalue weighted by Crippen LogP contribution is -2.46. The molecule has 5 heterocycles. The second kappa shape index (κ2) is 9.77. The predicted molar refractivity (Wildman–Crippen MR) is 125 cm³/mol. The van der Waals surface area contributed by atoms with E-state index in [0.29, 0.717) is 35.8 Å². The van der Waals surface area contributed by atoms with Crippen LogP contribution in [0.3, 0.4) is 0 Å². The summed E-state index contributed by atoms with van der Waals surface area (Å²) in [5.41, 5.74) is 1.61. The lowest BCUT2D eigenvalue weighted by atomic mass is 10.0. The summed E-state index contributed by atoms with van der Waals surface area (Å²) < 4.78 is 31.7. The zero-order valence-corrected chi connectivity index (χ0v) is 19.6. The number of hydrogen-bond acceptors (Lipinski definition) is 8. The molecule has 0 unspecified atom stereocenters. The van der Waals surface area contributed by atoms with Gasteiger partial charge in [0, 0.05) is 37.0 Å². The van der Waals surface area contributed by atoms with Crippen molar-refractivity contribution in [3.05, 3.63) is 48.0 Å². The highest BCUT2D eigenvalue weighted by Gasteiger charge is 2.34. The molecule has 180 valence electrons. The number of pyridine rings is 2. The topological polar surface area (TPSA) is 130 Å². The summed E-state index contributed by atoms with van der Waals surface area (Å²) in [5.74, 6) is -0.287. The molecule has 2 aliphatic rings. The summed E-state index contributed by atoms with van der Waals surface area (Å²) in [5, 5.41) is 9.79. The highest BCUT2D eigenvalue weighted by molar-refractivity contribution is 7.92. The first-order chi connectivity index (χ1) is 16.5. The second-order valence-corrected chi connectivity index (χ2v) is 11.1. The molecule has 0 saturated carbocycles. The summed E-state index contributed by atoms with van der Waals surface area (Å²) in [6, 6.07) is 5.46. The smallest absolute Gasteiger partial charge is 0.253 e. The highest BCUT2D eigenvalue weighted by Crippen LogP contribution is 2.27. The number of ether oxygens (including phenoxy) is 1. The van der Waals surface area contributed by atoms with Crippen molar-refractivity contribution in [3.8, 4) is 0 Å². The van der Waals surface area contributed by atoms with Gasteiger partial charge >= 0.3 is 0 Å². The molecular formula is C23H28N6O4S. The van der Waals surface area contributed by atoms with Crippen LogP contribution in [0.2, 0.25) is 0 Å². The predicted octanol–water partition coefficient (Wildman–Crippen LogP) is 1.70. The molecule has 2 fully saturated rings. The third-order valence-corrected chi connectivity index (χ3v) is 8.98. The fraction of sp³-hybridized carbons (Fsp3) is 0.478. The lowest BCUT2D eigenvalue weighted by molar-refractivity contribution is 0.0277. The van der Waals surface area contributed by atoms with Crippen molar-refractivity contribution in [1.82, 2.24) is 30.4 Å². The quantitative estimate of drug-likeness (QED) is 0.541. The molecule has 3 aromatic heterocycles. The molecular weight excluding hydrogens is 456 g/mol. The normalized spacial score (nSPS) is 18.8. The van der Waals surface area contributed by atoms with E-state index in [1.54, 1.807) is 24.4 Å². The third-order valence-electron chi connectivity index (χ3n) is 6.73. The molecule has 0 atom stereocenters. The Morgan fingerprint density at radius 3 is 2.62 bits per heavy atom. The van der Waals surface area contributed by atoms with E-state index in [2.05, 4.69) is 30.4 Å². The first-order valence-electron chi connectivity index (χ1n) is 11.6. The maximum Gasteiger partial charge on any atom is 0.253 e. The number of aromatic nitrogens is 4. The van der Waals surface area contributed by atoms with Gasteiger partial charge in [-0.25, -0.2) is 13.4 Å². The standard InChI is InChI=1S/C23H28N6O4S/c30-23(17-11-16-13-27-28-22(16)25-12-17)26-14-18-1-2-21(15-24-18)34(31,32)20-3-7-29(8-4-20)19-5-9-33-10-6-19/h1-2,11-13,15,19-20H,3-10,14H2,(H,26,30)(H,25,27,28). The molecule has 34 heavy (non-hydrogen) atoms. The van der Waals surface area contributed by atoms with E-state index in [-0.39, 0.29) is 22.6 Å². The fourth-order valence-corrected chi connectivity index (χ4v) is 6.39. The van der Waals surface area contributed by atoms with Crippen molar-refractivity contribution < 1.29 is 17.9 Å². The van der Waals surface area contributed by atoms with Crippen LogP contribution in [0.25, 0.3) is 11.0 Å². The second-order valence-electron chi connectivity index (χ2n) is 8.82. The number of nitrogens with one attached hydrogen (secondary N) is 2. The van der Waals surface area contributed by atoms with Crippen molar-refractivity contribution >= 4 is 26.8 Å².